The smallest absolute Gasteiger partial charge is 0.243 e. The number of rotatable bonds is 3. The van der Waals surface area contributed by atoms with Crippen LogP contribution in [0.15, 0.2) is 57.4 Å². The van der Waals surface area contributed by atoms with Gasteiger partial charge in [-0.25, -0.2) is 5.43 Å². The zero-order valence-electron chi connectivity index (χ0n) is 12.8. The number of fused-ring (bicyclic) bond motifs is 2. The first-order valence-electron chi connectivity index (χ1n) is 7.73. The molecule has 2 aromatic carbocycles. The van der Waals surface area contributed by atoms with E-state index in [1.807, 2.05) is 25.1 Å². The van der Waals surface area contributed by atoms with Gasteiger partial charge in [0.25, 0.3) is 0 Å². The molecular weight excluding hydrogens is 306 g/mol. The topological polar surface area (TPSA) is 53.5 Å². The van der Waals surface area contributed by atoms with E-state index in [4.69, 9.17) is 0 Å². The van der Waals surface area contributed by atoms with Crippen molar-refractivity contribution >= 4 is 34.8 Å². The van der Waals surface area contributed by atoms with Crippen molar-refractivity contribution in [3.05, 3.63) is 48.0 Å². The van der Waals surface area contributed by atoms with Gasteiger partial charge in [0.1, 0.15) is 0 Å². The second-order valence-electron chi connectivity index (χ2n) is 5.88. The maximum absolute atomic E-state index is 11.7. The van der Waals surface area contributed by atoms with Gasteiger partial charge in [0, 0.05) is 15.7 Å². The molecule has 2 N–H and O–H groups in total. The highest BCUT2D eigenvalue weighted by atomic mass is 32.2. The normalized spacial score (nSPS) is 16.1. The molecule has 1 aliphatic heterocycles. The minimum atomic E-state index is 0.0323. The van der Waals surface area contributed by atoms with Crippen LogP contribution in [0.1, 0.15) is 25.3 Å². The standard InChI is InChI=1S/C18H17N3OS/c1-11(20-21-18(22)12-6-7-12)13-8-9-17-15(10-13)19-14-4-2-3-5-16(14)23-17/h2-5,8-10,12,19H,6-7H2,1H3,(H,21,22). The zero-order valence-corrected chi connectivity index (χ0v) is 13.6. The lowest BCUT2D eigenvalue weighted by Crippen LogP contribution is -2.20. The van der Waals surface area contributed by atoms with Gasteiger partial charge in [0.15, 0.2) is 0 Å². The van der Waals surface area contributed by atoms with Gasteiger partial charge in [0.2, 0.25) is 5.91 Å². The highest BCUT2D eigenvalue weighted by Gasteiger charge is 2.29. The van der Waals surface area contributed by atoms with E-state index in [1.165, 1.54) is 9.79 Å². The Kier molecular flexibility index (Phi) is 3.58. The highest BCUT2D eigenvalue weighted by molar-refractivity contribution is 7.99. The van der Waals surface area contributed by atoms with Crippen molar-refractivity contribution in [3.8, 4) is 0 Å². The molecule has 0 bridgehead atoms. The fourth-order valence-corrected chi connectivity index (χ4v) is 3.47. The SMILES string of the molecule is CC(=NNC(=O)C1CC1)c1ccc2c(c1)Nc1ccccc1S2. The lowest BCUT2D eigenvalue weighted by Gasteiger charge is -2.21. The van der Waals surface area contributed by atoms with Crippen LogP contribution in [0.2, 0.25) is 0 Å². The summed E-state index contributed by atoms with van der Waals surface area (Å²) in [6, 6.07) is 14.5. The average Bonchev–Trinajstić information content (AvgIpc) is 3.42. The summed E-state index contributed by atoms with van der Waals surface area (Å²) in [6.07, 6.45) is 1.97. The summed E-state index contributed by atoms with van der Waals surface area (Å²) in [6.45, 7) is 1.92. The van der Waals surface area contributed by atoms with E-state index in [-0.39, 0.29) is 11.8 Å². The van der Waals surface area contributed by atoms with E-state index < -0.39 is 0 Å². The van der Waals surface area contributed by atoms with Crippen LogP contribution in [0.3, 0.4) is 0 Å². The van der Waals surface area contributed by atoms with Crippen LogP contribution in [0, 0.1) is 5.92 Å². The molecule has 23 heavy (non-hydrogen) atoms. The number of hydrazone groups is 1. The Hall–Kier alpha value is -2.27. The number of carbonyl (C=O) groups excluding carboxylic acids is 1. The van der Waals surface area contributed by atoms with Gasteiger partial charge in [-0.05, 0) is 49.6 Å². The number of amides is 1. The maximum Gasteiger partial charge on any atom is 0.243 e. The number of hydrogen-bond donors (Lipinski definition) is 2. The highest BCUT2D eigenvalue weighted by Crippen LogP contribution is 2.44. The predicted molar refractivity (Wildman–Crippen MR) is 93.4 cm³/mol. The quantitative estimate of drug-likeness (QED) is 0.562. The Labute approximate surface area is 139 Å². The molecule has 1 amide bonds. The summed E-state index contributed by atoms with van der Waals surface area (Å²) in [5.74, 6) is 0.203. The van der Waals surface area contributed by atoms with Crippen molar-refractivity contribution < 1.29 is 4.79 Å². The van der Waals surface area contributed by atoms with Gasteiger partial charge in [0.05, 0.1) is 17.1 Å². The Morgan fingerprint density at radius 2 is 1.96 bits per heavy atom. The van der Waals surface area contributed by atoms with Crippen LogP contribution in [0.4, 0.5) is 11.4 Å². The van der Waals surface area contributed by atoms with Gasteiger partial charge in [-0.1, -0.05) is 30.0 Å². The number of para-hydroxylation sites is 1. The number of nitrogens with one attached hydrogen (secondary N) is 2. The zero-order chi connectivity index (χ0) is 15.8. The second kappa shape index (κ2) is 5.74. The van der Waals surface area contributed by atoms with Crippen molar-refractivity contribution in [1.29, 1.82) is 0 Å². The fraction of sp³-hybridized carbons (Fsp3) is 0.222. The van der Waals surface area contributed by atoms with Crippen LogP contribution in [-0.2, 0) is 4.79 Å². The Balaban J connectivity index is 1.55. The van der Waals surface area contributed by atoms with E-state index in [9.17, 15) is 4.79 Å². The molecule has 0 unspecified atom stereocenters. The number of hydrogen-bond acceptors (Lipinski definition) is 4. The molecule has 1 aliphatic carbocycles. The third-order valence-electron chi connectivity index (χ3n) is 4.06. The Morgan fingerprint density at radius 1 is 1.17 bits per heavy atom. The summed E-state index contributed by atoms with van der Waals surface area (Å²) >= 11 is 1.76. The number of anilines is 2. The summed E-state index contributed by atoms with van der Waals surface area (Å²) in [7, 11) is 0. The molecule has 0 atom stereocenters. The van der Waals surface area contributed by atoms with Crippen LogP contribution in [-0.4, -0.2) is 11.6 Å². The first-order chi connectivity index (χ1) is 11.2. The predicted octanol–water partition coefficient (Wildman–Crippen LogP) is 4.15. The maximum atomic E-state index is 11.7. The van der Waals surface area contributed by atoms with E-state index >= 15 is 0 Å². The van der Waals surface area contributed by atoms with Gasteiger partial charge in [-0.3, -0.25) is 4.79 Å². The summed E-state index contributed by atoms with van der Waals surface area (Å²) < 4.78 is 0. The van der Waals surface area contributed by atoms with Gasteiger partial charge in [-0.2, -0.15) is 5.10 Å². The van der Waals surface area contributed by atoms with Gasteiger partial charge in [-0.15, -0.1) is 0 Å². The largest absolute Gasteiger partial charge is 0.354 e. The van der Waals surface area contributed by atoms with Gasteiger partial charge < -0.3 is 5.32 Å². The molecule has 4 nitrogen and oxygen atoms in total. The van der Waals surface area contributed by atoms with E-state index in [0.29, 0.717) is 0 Å². The molecule has 1 fully saturated rings. The van der Waals surface area contributed by atoms with Gasteiger partial charge >= 0.3 is 0 Å². The Bertz CT molecular complexity index is 812. The third kappa shape index (κ3) is 2.97. The molecule has 4 rings (SSSR count). The van der Waals surface area contributed by atoms with Crippen molar-refractivity contribution in [2.45, 2.75) is 29.6 Å². The second-order valence-corrected chi connectivity index (χ2v) is 6.97. The molecule has 2 aliphatic rings. The minimum Gasteiger partial charge on any atom is -0.354 e. The van der Waals surface area contributed by atoms with Crippen LogP contribution >= 0.6 is 11.8 Å². The first-order valence-corrected chi connectivity index (χ1v) is 8.55. The number of benzene rings is 2. The summed E-state index contributed by atoms with van der Waals surface area (Å²) in [4.78, 5) is 14.1. The van der Waals surface area contributed by atoms with Crippen molar-refractivity contribution in [2.75, 3.05) is 5.32 Å². The average molecular weight is 323 g/mol. The third-order valence-corrected chi connectivity index (χ3v) is 5.21. The fourth-order valence-electron chi connectivity index (χ4n) is 2.50. The molecule has 0 spiro atoms. The molecule has 0 radical (unpaired) electrons. The van der Waals surface area contributed by atoms with Crippen molar-refractivity contribution in [3.63, 3.8) is 0 Å². The number of carbonyl (C=O) groups is 1. The van der Waals surface area contributed by atoms with E-state index in [2.05, 4.69) is 40.1 Å². The molecule has 1 heterocycles. The van der Waals surface area contributed by atoms with E-state index in [0.717, 1.165) is 35.5 Å². The van der Waals surface area contributed by atoms with Crippen LogP contribution in [0.5, 0.6) is 0 Å². The lowest BCUT2D eigenvalue weighted by atomic mass is 10.1. The molecule has 116 valence electrons. The minimum absolute atomic E-state index is 0.0323. The molecule has 0 saturated heterocycles. The molecule has 5 heteroatoms. The Morgan fingerprint density at radius 3 is 2.78 bits per heavy atom. The number of nitrogens with zero attached hydrogens (tertiary/aromatic N) is 1. The van der Waals surface area contributed by atoms with Crippen LogP contribution in [0.25, 0.3) is 0 Å². The van der Waals surface area contributed by atoms with Crippen molar-refractivity contribution in [2.24, 2.45) is 11.0 Å². The lowest BCUT2D eigenvalue weighted by molar-refractivity contribution is -0.122. The summed E-state index contributed by atoms with van der Waals surface area (Å²) in [5, 5.41) is 7.70. The monoisotopic (exact) mass is 323 g/mol. The van der Waals surface area contributed by atoms with E-state index in [1.54, 1.807) is 11.8 Å². The molecular formula is C18H17N3OS. The molecule has 2 aromatic rings. The first kappa shape index (κ1) is 14.3. The summed E-state index contributed by atoms with van der Waals surface area (Å²) in [5.41, 5.74) is 6.68. The molecule has 1 saturated carbocycles. The van der Waals surface area contributed by atoms with Crippen molar-refractivity contribution in [1.82, 2.24) is 5.43 Å². The van der Waals surface area contributed by atoms with Crippen LogP contribution < -0.4 is 10.7 Å². The molecule has 0 aromatic heterocycles.